The number of carboxylic acids is 1. The molecule has 0 aromatic heterocycles. The average Bonchev–Trinajstić information content (AvgIpc) is 3.07. The first-order valence-electron chi connectivity index (χ1n) is 8.04. The maximum Gasteiger partial charge on any atom is 1.00 e. The van der Waals surface area contributed by atoms with Gasteiger partial charge in [-0.15, -0.1) is 0 Å². The van der Waals surface area contributed by atoms with Crippen LogP contribution in [-0.2, 0) is 29.1 Å². The molecule has 18 heteroatoms. The third-order valence-corrected chi connectivity index (χ3v) is 5.21. The summed E-state index contributed by atoms with van der Waals surface area (Å²) in [6.45, 7) is 0. The van der Waals surface area contributed by atoms with E-state index in [1.165, 1.54) is 24.3 Å². The van der Waals surface area contributed by atoms with E-state index >= 15 is 0 Å². The Kier molecular flexibility index (Phi) is 15.0. The van der Waals surface area contributed by atoms with E-state index in [2.05, 4.69) is 24.7 Å². The van der Waals surface area contributed by atoms with Gasteiger partial charge >= 0.3 is 88.7 Å². The van der Waals surface area contributed by atoms with E-state index in [4.69, 9.17) is 0 Å². The zero-order chi connectivity index (χ0) is 22.6. The zero-order valence-electron chi connectivity index (χ0n) is 18.0. The Bertz CT molecular complexity index is 1160. The van der Waals surface area contributed by atoms with Crippen molar-refractivity contribution in [1.29, 1.82) is 0 Å². The smallest absolute Gasteiger partial charge is 0.744 e. The van der Waals surface area contributed by atoms with Gasteiger partial charge in [0.05, 0.1) is 34.3 Å². The fourth-order valence-electron chi connectivity index (χ4n) is 2.39. The van der Waals surface area contributed by atoms with Crippen LogP contribution in [0.15, 0.2) is 73.7 Å². The summed E-state index contributed by atoms with van der Waals surface area (Å²) in [6.07, 6.45) is 0. The number of hydrogen-bond acceptors (Lipinski definition) is 13. The molecule has 0 aliphatic carbocycles. The van der Waals surface area contributed by atoms with E-state index in [0.717, 1.165) is 24.3 Å². The van der Waals surface area contributed by atoms with Gasteiger partial charge in [0.25, 0.3) is 5.91 Å². The van der Waals surface area contributed by atoms with Crippen molar-refractivity contribution in [3.8, 4) is 0 Å². The molecule has 0 spiro atoms. The van der Waals surface area contributed by atoms with Gasteiger partial charge in [0.2, 0.25) is 0 Å². The number of hydrogen-bond donors (Lipinski definition) is 0. The Morgan fingerprint density at radius 3 is 2.15 bits per heavy atom. The van der Waals surface area contributed by atoms with Crippen LogP contribution < -0.4 is 104 Å². The largest absolute Gasteiger partial charge is 1.00 e. The standard InChI is InChI=1S/C16H12N4O9S2.3Na/c21-15-13(18-17-9-1-5-11(6-2-9)30-29-28-24)14(16(22)23)19-20(15)10-3-7-12(8-4-10)31(25,26)27;;;/h1-8,13,24H,(H,22,23)(H,25,26,27);;;/q;3*+1/p-3. The summed E-state index contributed by atoms with van der Waals surface area (Å²) in [5, 5.41) is 36.3. The fourth-order valence-corrected chi connectivity index (χ4v) is 3.21. The Morgan fingerprint density at radius 1 is 1.06 bits per heavy atom. The molecular formula is C16H9N4Na3O9S2. The maximum atomic E-state index is 12.6. The van der Waals surface area contributed by atoms with E-state index in [-0.39, 0.29) is 100 Å². The Balaban J connectivity index is 0.00000363. The summed E-state index contributed by atoms with van der Waals surface area (Å²) in [5.74, 6) is -2.63. The van der Waals surface area contributed by atoms with E-state index in [1.54, 1.807) is 0 Å². The molecule has 13 nitrogen and oxygen atoms in total. The molecule has 34 heavy (non-hydrogen) atoms. The first kappa shape index (κ1) is 33.8. The van der Waals surface area contributed by atoms with E-state index in [9.17, 15) is 32.9 Å². The molecule has 1 aliphatic heterocycles. The molecule has 1 aliphatic rings. The number of hydrazone groups is 1. The van der Waals surface area contributed by atoms with Crippen molar-refractivity contribution in [3.05, 3.63) is 48.5 Å². The van der Waals surface area contributed by atoms with Crippen LogP contribution in [0.1, 0.15) is 0 Å². The topological polar surface area (TPSA) is 196 Å². The number of anilines is 1. The Labute approximate surface area is 263 Å². The summed E-state index contributed by atoms with van der Waals surface area (Å²) < 4.78 is 37.2. The predicted molar refractivity (Wildman–Crippen MR) is 97.1 cm³/mol. The molecule has 0 saturated heterocycles. The van der Waals surface area contributed by atoms with Crippen LogP contribution in [0.4, 0.5) is 11.4 Å². The molecule has 0 saturated carbocycles. The van der Waals surface area contributed by atoms with E-state index < -0.39 is 38.6 Å². The monoisotopic (exact) mass is 534 g/mol. The van der Waals surface area contributed by atoms with Crippen molar-refractivity contribution in [1.82, 2.24) is 0 Å². The number of carbonyl (C=O) groups excluding carboxylic acids is 2. The number of amides is 1. The number of carboxylic acid groups (broad SMARTS) is 1. The van der Waals surface area contributed by atoms with Crippen LogP contribution in [-0.4, -0.2) is 36.6 Å². The van der Waals surface area contributed by atoms with Crippen LogP contribution in [0.2, 0.25) is 0 Å². The number of rotatable bonds is 8. The van der Waals surface area contributed by atoms with Crippen molar-refractivity contribution in [2.45, 2.75) is 15.8 Å². The molecule has 0 fully saturated rings. The van der Waals surface area contributed by atoms with Crippen molar-refractivity contribution in [2.75, 3.05) is 5.01 Å². The van der Waals surface area contributed by atoms with Crippen LogP contribution in [0.25, 0.3) is 0 Å². The van der Waals surface area contributed by atoms with E-state index in [0.29, 0.717) is 21.9 Å². The number of nitrogens with zero attached hydrogens (tertiary/aromatic N) is 4. The molecule has 0 radical (unpaired) electrons. The van der Waals surface area contributed by atoms with Crippen molar-refractivity contribution < 1.29 is 131 Å². The summed E-state index contributed by atoms with van der Waals surface area (Å²) in [7, 11) is -4.70. The van der Waals surface area contributed by atoms with Crippen LogP contribution in [0.3, 0.4) is 0 Å². The Hall–Kier alpha value is -0.210. The quantitative estimate of drug-likeness (QED) is 0.0783. The van der Waals surface area contributed by atoms with Crippen molar-refractivity contribution in [2.24, 2.45) is 15.3 Å². The van der Waals surface area contributed by atoms with Gasteiger partial charge in [-0.1, -0.05) is 0 Å². The van der Waals surface area contributed by atoms with Gasteiger partial charge in [-0.2, -0.15) is 24.7 Å². The molecule has 1 atom stereocenters. The maximum absolute atomic E-state index is 12.6. The number of carbonyl (C=O) groups is 2. The summed E-state index contributed by atoms with van der Waals surface area (Å²) in [6, 6.07) is 8.43. The first-order valence-corrected chi connectivity index (χ1v) is 10.2. The zero-order valence-corrected chi connectivity index (χ0v) is 25.6. The van der Waals surface area contributed by atoms with Gasteiger partial charge in [-0.3, -0.25) is 9.83 Å². The molecule has 2 aromatic rings. The number of benzene rings is 2. The molecular weight excluding hydrogens is 525 g/mol. The second-order valence-corrected chi connectivity index (χ2v) is 7.86. The Morgan fingerprint density at radius 2 is 1.65 bits per heavy atom. The fraction of sp³-hybridized carbons (Fsp3) is 0.0625. The second-order valence-electron chi connectivity index (χ2n) is 5.70. The molecule has 2 aromatic carbocycles. The number of aliphatic carboxylic acids is 1. The molecule has 0 bridgehead atoms. The minimum absolute atomic E-state index is 0. The average molecular weight is 534 g/mol. The van der Waals surface area contributed by atoms with Gasteiger partial charge in [-0.05, 0) is 48.5 Å². The van der Waals surface area contributed by atoms with Gasteiger partial charge < -0.3 is 19.7 Å². The SMILES string of the molecule is O=C([O-])C1=NN(c2ccc(S(=O)(=O)[O-])cc2)C(=O)C1N=Nc1ccc(SOO[O-])cc1.[Na+].[Na+].[Na+]. The summed E-state index contributed by atoms with van der Waals surface area (Å²) in [4.78, 5) is 24.0. The molecule has 1 amide bonds. The summed E-state index contributed by atoms with van der Waals surface area (Å²) in [5.41, 5.74) is -0.445. The van der Waals surface area contributed by atoms with Crippen LogP contribution >= 0.6 is 12.0 Å². The van der Waals surface area contributed by atoms with Crippen molar-refractivity contribution >= 4 is 51.1 Å². The third kappa shape index (κ3) is 8.72. The molecule has 162 valence electrons. The molecule has 0 N–H and O–H groups in total. The van der Waals surface area contributed by atoms with Gasteiger partial charge in [-0.25, -0.2) is 8.42 Å². The molecule has 1 heterocycles. The minimum Gasteiger partial charge on any atom is -0.744 e. The number of azo groups is 1. The van der Waals surface area contributed by atoms with Crippen LogP contribution in [0, 0.1) is 0 Å². The first-order chi connectivity index (χ1) is 14.7. The normalized spacial score (nSPS) is 15.2. The third-order valence-electron chi connectivity index (χ3n) is 3.77. The molecule has 3 rings (SSSR count). The predicted octanol–water partition coefficient (Wildman–Crippen LogP) is -9.56. The van der Waals surface area contributed by atoms with Gasteiger partial charge in [0, 0.05) is 4.90 Å². The molecule has 1 unspecified atom stereocenters. The van der Waals surface area contributed by atoms with Crippen LogP contribution in [0.5, 0.6) is 0 Å². The van der Waals surface area contributed by atoms with E-state index in [1.807, 2.05) is 0 Å². The second kappa shape index (κ2) is 15.1. The van der Waals surface area contributed by atoms with Gasteiger partial charge in [0.15, 0.2) is 6.04 Å². The van der Waals surface area contributed by atoms with Gasteiger partial charge in [0.1, 0.15) is 15.8 Å². The minimum atomic E-state index is -4.70. The van der Waals surface area contributed by atoms with Crippen molar-refractivity contribution in [3.63, 3.8) is 0 Å². The summed E-state index contributed by atoms with van der Waals surface area (Å²) >= 11 is 0.647.